The second-order valence-electron chi connectivity index (χ2n) is 6.80. The normalized spacial score (nSPS) is 15.2. The van der Waals surface area contributed by atoms with Gasteiger partial charge in [-0.15, -0.1) is 0 Å². The van der Waals surface area contributed by atoms with Crippen LogP contribution in [0, 0.1) is 5.82 Å². The highest BCUT2D eigenvalue weighted by atomic mass is 35.5. The summed E-state index contributed by atoms with van der Waals surface area (Å²) in [5, 5.41) is 3.14. The second kappa shape index (κ2) is 8.04. The van der Waals surface area contributed by atoms with Gasteiger partial charge in [0.1, 0.15) is 5.82 Å². The van der Waals surface area contributed by atoms with Crippen LogP contribution in [0.3, 0.4) is 0 Å². The summed E-state index contributed by atoms with van der Waals surface area (Å²) >= 11 is 6.21. The van der Waals surface area contributed by atoms with Crippen LogP contribution in [0.4, 0.5) is 15.8 Å². The van der Waals surface area contributed by atoms with Crippen LogP contribution >= 0.6 is 11.6 Å². The molecule has 0 bridgehead atoms. The van der Waals surface area contributed by atoms with E-state index in [0.29, 0.717) is 46.2 Å². The third-order valence-electron chi connectivity index (χ3n) is 4.74. The Labute approximate surface area is 178 Å². The summed E-state index contributed by atoms with van der Waals surface area (Å²) in [7, 11) is -3.27. The molecule has 0 aliphatic carbocycles. The van der Waals surface area contributed by atoms with E-state index in [2.05, 4.69) is 10.3 Å². The summed E-state index contributed by atoms with van der Waals surface area (Å²) in [4.78, 5) is 16.7. The Hall–Kier alpha value is -2.97. The lowest BCUT2D eigenvalue weighted by Crippen LogP contribution is -2.25. The number of anilines is 2. The van der Waals surface area contributed by atoms with E-state index in [9.17, 15) is 17.6 Å². The quantitative estimate of drug-likeness (QED) is 0.648. The number of rotatable bonds is 4. The molecule has 9 heteroatoms. The Bertz CT molecular complexity index is 1220. The molecule has 154 valence electrons. The van der Waals surface area contributed by atoms with Crippen molar-refractivity contribution in [1.29, 1.82) is 0 Å². The fourth-order valence-corrected chi connectivity index (χ4v) is 5.04. The van der Waals surface area contributed by atoms with Gasteiger partial charge in [0.2, 0.25) is 10.0 Å². The summed E-state index contributed by atoms with van der Waals surface area (Å²) in [5.41, 5.74) is 2.22. The van der Waals surface area contributed by atoms with Gasteiger partial charge in [-0.25, -0.2) is 12.8 Å². The van der Waals surface area contributed by atoms with E-state index < -0.39 is 15.8 Å². The molecule has 0 saturated carbocycles. The lowest BCUT2D eigenvalue weighted by molar-refractivity contribution is 0.102. The van der Waals surface area contributed by atoms with Gasteiger partial charge in [0.15, 0.2) is 0 Å². The molecule has 1 saturated heterocycles. The number of sulfonamides is 1. The number of carbonyl (C=O) groups excluding carboxylic acids is 1. The molecular weight excluding hydrogens is 429 g/mol. The van der Waals surface area contributed by atoms with Crippen LogP contribution < -0.4 is 9.62 Å². The molecule has 0 unspecified atom stereocenters. The van der Waals surface area contributed by atoms with Crippen molar-refractivity contribution in [3.05, 3.63) is 77.2 Å². The summed E-state index contributed by atoms with van der Waals surface area (Å²) in [5.74, 6) is -0.675. The van der Waals surface area contributed by atoms with Crippen molar-refractivity contribution in [1.82, 2.24) is 4.98 Å². The van der Waals surface area contributed by atoms with Gasteiger partial charge in [0.25, 0.3) is 5.91 Å². The standard InChI is InChI=1S/C21H17ClFN3O3S/c22-19-7-4-16(13-18(19)20-12-15(23)8-9-24-20)25-21(27)14-2-5-17(6-3-14)26-10-1-11-30(26,28)29/h2-9,12-13H,1,10-11H2,(H,25,27). The van der Waals surface area contributed by atoms with Gasteiger partial charge in [-0.1, -0.05) is 11.6 Å². The summed E-state index contributed by atoms with van der Waals surface area (Å²) in [6.07, 6.45) is 1.93. The van der Waals surface area contributed by atoms with Crippen LogP contribution in [0.15, 0.2) is 60.8 Å². The third-order valence-corrected chi connectivity index (χ3v) is 6.94. The Morgan fingerprint density at radius 2 is 1.87 bits per heavy atom. The Kier molecular flexibility index (Phi) is 5.44. The van der Waals surface area contributed by atoms with Crippen molar-refractivity contribution < 1.29 is 17.6 Å². The molecule has 30 heavy (non-hydrogen) atoms. The second-order valence-corrected chi connectivity index (χ2v) is 9.22. The minimum absolute atomic E-state index is 0.133. The SMILES string of the molecule is O=C(Nc1ccc(Cl)c(-c2cc(F)ccn2)c1)c1ccc(N2CCCS2(=O)=O)cc1. The van der Waals surface area contributed by atoms with Crippen molar-refractivity contribution in [3.63, 3.8) is 0 Å². The van der Waals surface area contributed by atoms with Crippen molar-refractivity contribution in [2.24, 2.45) is 0 Å². The van der Waals surface area contributed by atoms with E-state index in [1.165, 1.54) is 22.6 Å². The summed E-state index contributed by atoms with van der Waals surface area (Å²) in [6, 6.07) is 13.7. The maximum atomic E-state index is 13.5. The van der Waals surface area contributed by atoms with Gasteiger partial charge in [-0.2, -0.15) is 0 Å². The van der Waals surface area contributed by atoms with Crippen molar-refractivity contribution >= 4 is 38.9 Å². The average molecular weight is 446 g/mol. The maximum absolute atomic E-state index is 13.5. The van der Waals surface area contributed by atoms with Crippen LogP contribution in [-0.4, -0.2) is 31.6 Å². The minimum atomic E-state index is -3.27. The van der Waals surface area contributed by atoms with E-state index >= 15 is 0 Å². The lowest BCUT2D eigenvalue weighted by atomic mass is 10.1. The van der Waals surface area contributed by atoms with E-state index in [-0.39, 0.29) is 11.7 Å². The summed E-state index contributed by atoms with van der Waals surface area (Å²) in [6.45, 7) is 0.440. The number of nitrogens with one attached hydrogen (secondary N) is 1. The molecule has 2 heterocycles. The molecule has 4 rings (SSSR count). The van der Waals surface area contributed by atoms with Gasteiger partial charge in [-0.3, -0.25) is 14.1 Å². The van der Waals surface area contributed by atoms with Gasteiger partial charge in [0, 0.05) is 35.6 Å². The van der Waals surface area contributed by atoms with E-state index in [1.54, 1.807) is 42.5 Å². The van der Waals surface area contributed by atoms with Gasteiger partial charge in [-0.05, 0) is 55.0 Å². The Balaban J connectivity index is 1.54. The molecule has 1 aliphatic heterocycles. The maximum Gasteiger partial charge on any atom is 0.255 e. The van der Waals surface area contributed by atoms with Crippen LogP contribution in [0.1, 0.15) is 16.8 Å². The number of hydrogen-bond donors (Lipinski definition) is 1. The largest absolute Gasteiger partial charge is 0.322 e. The molecule has 1 amide bonds. The number of nitrogens with zero attached hydrogens (tertiary/aromatic N) is 2. The number of halogens is 2. The first-order valence-electron chi connectivity index (χ1n) is 9.17. The number of benzene rings is 2. The van der Waals surface area contributed by atoms with E-state index in [4.69, 9.17) is 11.6 Å². The number of aromatic nitrogens is 1. The number of carbonyl (C=O) groups is 1. The lowest BCUT2D eigenvalue weighted by Gasteiger charge is -2.17. The fraction of sp³-hybridized carbons (Fsp3) is 0.143. The molecule has 1 fully saturated rings. The van der Waals surface area contributed by atoms with Gasteiger partial charge >= 0.3 is 0 Å². The molecule has 0 atom stereocenters. The predicted molar refractivity (Wildman–Crippen MR) is 115 cm³/mol. The molecular formula is C21H17ClFN3O3S. The van der Waals surface area contributed by atoms with Gasteiger partial charge < -0.3 is 5.32 Å². The van der Waals surface area contributed by atoms with Crippen LogP contribution in [-0.2, 0) is 10.0 Å². The number of amides is 1. The molecule has 2 aromatic carbocycles. The summed E-state index contributed by atoms with van der Waals surface area (Å²) < 4.78 is 38.9. The molecule has 6 nitrogen and oxygen atoms in total. The van der Waals surface area contributed by atoms with Crippen LogP contribution in [0.2, 0.25) is 5.02 Å². The first-order chi connectivity index (χ1) is 14.3. The van der Waals surface area contributed by atoms with E-state index in [0.717, 1.165) is 0 Å². The number of hydrogen-bond acceptors (Lipinski definition) is 4. The Morgan fingerprint density at radius 3 is 2.53 bits per heavy atom. The topological polar surface area (TPSA) is 79.4 Å². The average Bonchev–Trinajstić information content (AvgIpc) is 3.08. The minimum Gasteiger partial charge on any atom is -0.322 e. The highest BCUT2D eigenvalue weighted by Gasteiger charge is 2.28. The zero-order chi connectivity index (χ0) is 21.3. The predicted octanol–water partition coefficient (Wildman–Crippen LogP) is 4.33. The van der Waals surface area contributed by atoms with Crippen molar-refractivity contribution in [2.45, 2.75) is 6.42 Å². The first kappa shape index (κ1) is 20.3. The Morgan fingerprint density at radius 1 is 1.10 bits per heavy atom. The fourth-order valence-electron chi connectivity index (χ4n) is 3.26. The molecule has 1 aliphatic rings. The zero-order valence-corrected chi connectivity index (χ0v) is 17.3. The van der Waals surface area contributed by atoms with Crippen LogP contribution in [0.25, 0.3) is 11.3 Å². The van der Waals surface area contributed by atoms with E-state index in [1.807, 2.05) is 0 Å². The molecule has 1 N–H and O–H groups in total. The zero-order valence-electron chi connectivity index (χ0n) is 15.7. The third kappa shape index (κ3) is 4.15. The molecule has 3 aromatic rings. The number of pyridine rings is 1. The van der Waals surface area contributed by atoms with Gasteiger partial charge in [0.05, 0.1) is 22.2 Å². The molecule has 0 radical (unpaired) electrons. The molecule has 1 aromatic heterocycles. The first-order valence-corrected chi connectivity index (χ1v) is 11.2. The van der Waals surface area contributed by atoms with Crippen LogP contribution in [0.5, 0.6) is 0 Å². The monoisotopic (exact) mass is 445 g/mol. The van der Waals surface area contributed by atoms with Crippen molar-refractivity contribution in [2.75, 3.05) is 21.9 Å². The highest BCUT2D eigenvalue weighted by Crippen LogP contribution is 2.30. The molecule has 0 spiro atoms. The van der Waals surface area contributed by atoms with Crippen molar-refractivity contribution in [3.8, 4) is 11.3 Å². The smallest absolute Gasteiger partial charge is 0.255 e. The highest BCUT2D eigenvalue weighted by molar-refractivity contribution is 7.93.